The van der Waals surface area contributed by atoms with E-state index in [2.05, 4.69) is 25.7 Å². The highest BCUT2D eigenvalue weighted by molar-refractivity contribution is 5.95. The normalized spacial score (nSPS) is 21.2. The van der Waals surface area contributed by atoms with Gasteiger partial charge in [0.05, 0.1) is 0 Å². The van der Waals surface area contributed by atoms with E-state index in [1.807, 2.05) is 47.5 Å². The van der Waals surface area contributed by atoms with E-state index in [9.17, 15) is 14.3 Å². The Bertz CT molecular complexity index is 1230. The standard InChI is InChI=1S/C28H32FN5O2/c1-4-28(3)18(2)33(15-16-34(28)25(27(35)36)20-9-12-23(29)13-10-20)24-14-11-22(17-32-24)19-5-7-21(8-6-19)26(30)31/h5-14,17-18,25H,4,15-16H2,1-3H3,(H3,30,31)(H,35,36). The van der Waals surface area contributed by atoms with Crippen LogP contribution in [0.25, 0.3) is 11.1 Å². The number of aliphatic carboxylic acids is 1. The lowest BCUT2D eigenvalue weighted by molar-refractivity contribution is -0.148. The predicted molar refractivity (Wildman–Crippen MR) is 140 cm³/mol. The van der Waals surface area contributed by atoms with Crippen molar-refractivity contribution in [2.75, 3.05) is 18.0 Å². The highest BCUT2D eigenvalue weighted by Crippen LogP contribution is 2.39. The summed E-state index contributed by atoms with van der Waals surface area (Å²) in [6.07, 6.45) is 2.56. The first-order valence-corrected chi connectivity index (χ1v) is 12.1. The van der Waals surface area contributed by atoms with Crippen molar-refractivity contribution >= 4 is 17.6 Å². The van der Waals surface area contributed by atoms with Gasteiger partial charge in [0.15, 0.2) is 0 Å². The first kappa shape index (κ1) is 25.3. The number of hydrogen-bond acceptors (Lipinski definition) is 5. The molecule has 2 heterocycles. The summed E-state index contributed by atoms with van der Waals surface area (Å²) in [6, 6.07) is 16.3. The summed E-state index contributed by atoms with van der Waals surface area (Å²) in [5.74, 6) is -0.463. The summed E-state index contributed by atoms with van der Waals surface area (Å²) < 4.78 is 13.5. The lowest BCUT2D eigenvalue weighted by Gasteiger charge is -2.55. The molecule has 0 amide bonds. The number of nitrogens with one attached hydrogen (secondary N) is 1. The van der Waals surface area contributed by atoms with Crippen molar-refractivity contribution in [3.8, 4) is 11.1 Å². The highest BCUT2D eigenvalue weighted by Gasteiger charge is 2.48. The summed E-state index contributed by atoms with van der Waals surface area (Å²) in [6.45, 7) is 7.40. The number of nitrogens with zero attached hydrogens (tertiary/aromatic N) is 3. The van der Waals surface area contributed by atoms with Crippen LogP contribution in [0.5, 0.6) is 0 Å². The molecule has 0 aliphatic carbocycles. The van der Waals surface area contributed by atoms with Crippen LogP contribution >= 0.6 is 0 Å². The fraction of sp³-hybridized carbons (Fsp3) is 0.321. The zero-order valence-corrected chi connectivity index (χ0v) is 20.8. The summed E-state index contributed by atoms with van der Waals surface area (Å²) in [5, 5.41) is 17.7. The van der Waals surface area contributed by atoms with Crippen molar-refractivity contribution in [1.29, 1.82) is 5.41 Å². The van der Waals surface area contributed by atoms with Crippen molar-refractivity contribution < 1.29 is 14.3 Å². The number of amidine groups is 1. The molecule has 2 aromatic carbocycles. The number of carbonyl (C=O) groups is 1. The molecule has 1 fully saturated rings. The second-order valence-corrected chi connectivity index (χ2v) is 9.46. The topological polar surface area (TPSA) is 107 Å². The molecule has 3 atom stereocenters. The number of anilines is 1. The molecule has 1 aliphatic heterocycles. The molecule has 1 aromatic heterocycles. The number of aromatic nitrogens is 1. The van der Waals surface area contributed by atoms with Gasteiger partial charge in [-0.15, -0.1) is 0 Å². The Kier molecular flexibility index (Phi) is 7.08. The Morgan fingerprint density at radius 1 is 1.14 bits per heavy atom. The van der Waals surface area contributed by atoms with Crippen LogP contribution in [0.3, 0.4) is 0 Å². The molecule has 36 heavy (non-hydrogen) atoms. The monoisotopic (exact) mass is 489 g/mol. The van der Waals surface area contributed by atoms with Crippen LogP contribution < -0.4 is 10.6 Å². The van der Waals surface area contributed by atoms with Crippen LogP contribution in [0, 0.1) is 11.2 Å². The van der Waals surface area contributed by atoms with E-state index in [1.54, 1.807) is 12.1 Å². The molecule has 3 aromatic rings. The molecule has 1 aliphatic rings. The fourth-order valence-electron chi connectivity index (χ4n) is 5.15. The van der Waals surface area contributed by atoms with Crippen LogP contribution in [0.2, 0.25) is 0 Å². The number of benzene rings is 2. The number of halogens is 1. The first-order valence-electron chi connectivity index (χ1n) is 12.1. The molecule has 3 unspecified atom stereocenters. The molecular formula is C28H32FN5O2. The van der Waals surface area contributed by atoms with Gasteiger partial charge in [0.2, 0.25) is 0 Å². The fourth-order valence-corrected chi connectivity index (χ4v) is 5.15. The van der Waals surface area contributed by atoms with Crippen molar-refractivity contribution in [2.45, 2.75) is 44.8 Å². The number of pyridine rings is 1. The molecular weight excluding hydrogens is 457 g/mol. The number of carboxylic acids is 1. The van der Waals surface area contributed by atoms with E-state index < -0.39 is 17.6 Å². The number of carboxylic acid groups (broad SMARTS) is 1. The maximum atomic E-state index is 13.5. The molecule has 0 spiro atoms. The summed E-state index contributed by atoms with van der Waals surface area (Å²) in [4.78, 5) is 21.4. The molecule has 4 rings (SSSR count). The Labute approximate surface area is 210 Å². The Balaban J connectivity index is 1.59. The first-order chi connectivity index (χ1) is 17.2. The van der Waals surface area contributed by atoms with Gasteiger partial charge in [-0.25, -0.2) is 9.37 Å². The maximum Gasteiger partial charge on any atom is 0.325 e. The minimum absolute atomic E-state index is 0.0215. The van der Waals surface area contributed by atoms with Gasteiger partial charge >= 0.3 is 5.97 Å². The SMILES string of the molecule is CCC1(C)C(C)N(c2ccc(-c3ccc(C(=N)N)cc3)cn2)CCN1C(C(=O)O)c1ccc(F)cc1. The van der Waals surface area contributed by atoms with Crippen LogP contribution in [0.4, 0.5) is 10.2 Å². The third kappa shape index (κ3) is 4.68. The third-order valence-corrected chi connectivity index (χ3v) is 7.62. The van der Waals surface area contributed by atoms with Gasteiger partial charge in [-0.1, -0.05) is 43.3 Å². The minimum Gasteiger partial charge on any atom is -0.480 e. The van der Waals surface area contributed by atoms with Gasteiger partial charge < -0.3 is 15.7 Å². The second-order valence-electron chi connectivity index (χ2n) is 9.46. The number of piperazine rings is 1. The Hall–Kier alpha value is -3.78. The van der Waals surface area contributed by atoms with Crippen molar-refractivity contribution in [2.24, 2.45) is 5.73 Å². The van der Waals surface area contributed by atoms with E-state index >= 15 is 0 Å². The molecule has 4 N–H and O–H groups in total. The van der Waals surface area contributed by atoms with Crippen molar-refractivity contribution in [1.82, 2.24) is 9.88 Å². The second kappa shape index (κ2) is 10.1. The van der Waals surface area contributed by atoms with Crippen molar-refractivity contribution in [3.63, 3.8) is 0 Å². The average Bonchev–Trinajstić information content (AvgIpc) is 2.88. The molecule has 188 valence electrons. The molecule has 7 nitrogen and oxygen atoms in total. The van der Waals surface area contributed by atoms with Crippen LogP contribution in [0.15, 0.2) is 66.9 Å². The largest absolute Gasteiger partial charge is 0.480 e. The van der Waals surface area contributed by atoms with Crippen molar-refractivity contribution in [3.05, 3.63) is 83.8 Å². The summed E-state index contributed by atoms with van der Waals surface area (Å²) in [7, 11) is 0. The number of nitrogens with two attached hydrogens (primary N) is 1. The van der Waals surface area contributed by atoms with Gasteiger partial charge in [0.25, 0.3) is 0 Å². The van der Waals surface area contributed by atoms with Gasteiger partial charge in [-0.2, -0.15) is 0 Å². The van der Waals surface area contributed by atoms with E-state index in [4.69, 9.17) is 16.1 Å². The molecule has 1 saturated heterocycles. The summed E-state index contributed by atoms with van der Waals surface area (Å²) >= 11 is 0. The van der Waals surface area contributed by atoms with E-state index in [0.29, 0.717) is 24.2 Å². The molecule has 0 saturated carbocycles. The molecule has 0 bridgehead atoms. The smallest absolute Gasteiger partial charge is 0.325 e. The van der Waals surface area contributed by atoms with Crippen LogP contribution in [-0.4, -0.2) is 51.5 Å². The third-order valence-electron chi connectivity index (χ3n) is 7.62. The number of rotatable bonds is 7. The predicted octanol–water partition coefficient (Wildman–Crippen LogP) is 4.68. The van der Waals surface area contributed by atoms with E-state index in [1.165, 1.54) is 12.1 Å². The van der Waals surface area contributed by atoms with Gasteiger partial charge in [-0.3, -0.25) is 15.1 Å². The Morgan fingerprint density at radius 3 is 2.31 bits per heavy atom. The number of hydrogen-bond donors (Lipinski definition) is 3. The van der Waals surface area contributed by atoms with Crippen LogP contribution in [-0.2, 0) is 4.79 Å². The lowest BCUT2D eigenvalue weighted by Crippen LogP contribution is -2.67. The zero-order chi connectivity index (χ0) is 26.0. The minimum atomic E-state index is -0.944. The average molecular weight is 490 g/mol. The summed E-state index contributed by atoms with van der Waals surface area (Å²) in [5.41, 5.74) is 8.28. The lowest BCUT2D eigenvalue weighted by atomic mass is 9.82. The van der Waals surface area contributed by atoms with Crippen LogP contribution in [0.1, 0.15) is 44.4 Å². The van der Waals surface area contributed by atoms with Gasteiger partial charge in [0, 0.05) is 42.0 Å². The highest BCUT2D eigenvalue weighted by atomic mass is 19.1. The van der Waals surface area contributed by atoms with E-state index in [0.717, 1.165) is 23.4 Å². The zero-order valence-electron chi connectivity index (χ0n) is 20.8. The van der Waals surface area contributed by atoms with Gasteiger partial charge in [0.1, 0.15) is 23.5 Å². The molecule has 8 heteroatoms. The molecule has 0 radical (unpaired) electrons. The maximum absolute atomic E-state index is 13.5. The van der Waals surface area contributed by atoms with E-state index in [-0.39, 0.29) is 17.7 Å². The Morgan fingerprint density at radius 2 is 1.78 bits per heavy atom. The quantitative estimate of drug-likeness (QED) is 0.329. The number of nitrogen functional groups attached to an aromatic ring is 1. The van der Waals surface area contributed by atoms with Gasteiger partial charge in [-0.05, 0) is 55.7 Å².